The fourth-order valence-electron chi connectivity index (χ4n) is 2.73. The van der Waals surface area contributed by atoms with E-state index >= 15 is 0 Å². The zero-order chi connectivity index (χ0) is 20.5. The molecule has 3 aromatic rings. The SMILES string of the molecule is CO[C@H](C(=O)N/N=C\c1cccc(OCc2cccc(Br)c2)c1)c1ccccc1. The van der Waals surface area contributed by atoms with E-state index in [0.29, 0.717) is 6.61 Å². The van der Waals surface area contributed by atoms with Gasteiger partial charge in [-0.15, -0.1) is 0 Å². The Morgan fingerprint density at radius 2 is 1.86 bits per heavy atom. The zero-order valence-electron chi connectivity index (χ0n) is 15.9. The fraction of sp³-hybridized carbons (Fsp3) is 0.130. The molecule has 0 saturated heterocycles. The average molecular weight is 453 g/mol. The lowest BCUT2D eigenvalue weighted by molar-refractivity contribution is -0.131. The highest BCUT2D eigenvalue weighted by atomic mass is 79.9. The minimum absolute atomic E-state index is 0.336. The number of hydrogen-bond acceptors (Lipinski definition) is 4. The van der Waals surface area contributed by atoms with Gasteiger partial charge in [0.05, 0.1) is 6.21 Å². The molecule has 0 radical (unpaired) electrons. The molecule has 0 aliphatic rings. The zero-order valence-corrected chi connectivity index (χ0v) is 17.5. The van der Waals surface area contributed by atoms with Gasteiger partial charge in [0, 0.05) is 11.6 Å². The molecule has 0 bridgehead atoms. The molecule has 1 amide bonds. The number of hydrazone groups is 1. The predicted octanol–water partition coefficient (Wildman–Crippen LogP) is 4.87. The molecule has 0 aliphatic carbocycles. The summed E-state index contributed by atoms with van der Waals surface area (Å²) in [7, 11) is 1.49. The number of rotatable bonds is 8. The summed E-state index contributed by atoms with van der Waals surface area (Å²) in [6, 6.07) is 24.7. The number of nitrogens with zero attached hydrogens (tertiary/aromatic N) is 1. The Morgan fingerprint density at radius 3 is 2.62 bits per heavy atom. The number of carbonyl (C=O) groups is 1. The third kappa shape index (κ3) is 6.27. The molecule has 1 N–H and O–H groups in total. The highest BCUT2D eigenvalue weighted by Crippen LogP contribution is 2.17. The topological polar surface area (TPSA) is 59.9 Å². The maximum absolute atomic E-state index is 12.3. The van der Waals surface area contributed by atoms with Crippen molar-refractivity contribution < 1.29 is 14.3 Å². The van der Waals surface area contributed by atoms with E-state index in [0.717, 1.165) is 26.9 Å². The second kappa shape index (κ2) is 10.5. The summed E-state index contributed by atoms with van der Waals surface area (Å²) in [5.41, 5.74) is 5.17. The van der Waals surface area contributed by atoms with Crippen molar-refractivity contribution in [2.24, 2.45) is 5.10 Å². The number of halogens is 1. The molecule has 1 atom stereocenters. The third-order valence-corrected chi connectivity index (χ3v) is 4.61. The van der Waals surface area contributed by atoms with Crippen molar-refractivity contribution >= 4 is 28.1 Å². The average Bonchev–Trinajstić information content (AvgIpc) is 2.74. The van der Waals surface area contributed by atoms with E-state index in [1.165, 1.54) is 7.11 Å². The van der Waals surface area contributed by atoms with Gasteiger partial charge >= 0.3 is 0 Å². The molecule has 0 aromatic heterocycles. The van der Waals surface area contributed by atoms with Crippen LogP contribution in [0.15, 0.2) is 88.4 Å². The van der Waals surface area contributed by atoms with Crippen molar-refractivity contribution in [2.75, 3.05) is 7.11 Å². The molecule has 0 spiro atoms. The van der Waals surface area contributed by atoms with Crippen LogP contribution in [-0.2, 0) is 16.1 Å². The van der Waals surface area contributed by atoms with Crippen LogP contribution in [0.4, 0.5) is 0 Å². The van der Waals surface area contributed by atoms with Crippen molar-refractivity contribution in [3.63, 3.8) is 0 Å². The molecular formula is C23H21BrN2O3. The van der Waals surface area contributed by atoms with Crippen LogP contribution >= 0.6 is 15.9 Å². The highest BCUT2D eigenvalue weighted by Gasteiger charge is 2.19. The standard InChI is InChI=1S/C23H21BrN2O3/c1-28-22(19-9-3-2-4-10-19)23(27)26-25-15-17-7-6-12-21(14-17)29-16-18-8-5-11-20(24)13-18/h2-15,22H,16H2,1H3,(H,26,27)/b25-15-/t22-/m0/s1. The van der Waals surface area contributed by atoms with Crippen molar-refractivity contribution in [1.82, 2.24) is 5.43 Å². The van der Waals surface area contributed by atoms with E-state index in [1.54, 1.807) is 6.21 Å². The molecular weight excluding hydrogens is 432 g/mol. The van der Waals surface area contributed by atoms with E-state index in [1.807, 2.05) is 78.9 Å². The van der Waals surface area contributed by atoms with E-state index < -0.39 is 6.10 Å². The Morgan fingerprint density at radius 1 is 1.07 bits per heavy atom. The number of ether oxygens (including phenoxy) is 2. The third-order valence-electron chi connectivity index (χ3n) is 4.12. The van der Waals surface area contributed by atoms with Gasteiger partial charge < -0.3 is 9.47 Å². The summed E-state index contributed by atoms with van der Waals surface area (Å²) in [6.07, 6.45) is 0.856. The Balaban J connectivity index is 1.58. The van der Waals surface area contributed by atoms with Crippen LogP contribution in [0.1, 0.15) is 22.8 Å². The first-order chi connectivity index (χ1) is 14.2. The number of carbonyl (C=O) groups excluding carboxylic acids is 1. The number of hydrogen-bond donors (Lipinski definition) is 1. The summed E-state index contributed by atoms with van der Waals surface area (Å²) in [5.74, 6) is 0.385. The Hall–Kier alpha value is -2.96. The lowest BCUT2D eigenvalue weighted by atomic mass is 10.1. The molecule has 3 rings (SSSR count). The van der Waals surface area contributed by atoms with Crippen molar-refractivity contribution in [3.8, 4) is 5.75 Å². The minimum Gasteiger partial charge on any atom is -0.489 e. The van der Waals surface area contributed by atoms with E-state index in [4.69, 9.17) is 9.47 Å². The number of amides is 1. The van der Waals surface area contributed by atoms with E-state index in [-0.39, 0.29) is 5.91 Å². The summed E-state index contributed by atoms with van der Waals surface area (Å²) in [6.45, 7) is 0.462. The van der Waals surface area contributed by atoms with Gasteiger partial charge in [-0.3, -0.25) is 4.79 Å². The van der Waals surface area contributed by atoms with Crippen LogP contribution < -0.4 is 10.2 Å². The van der Waals surface area contributed by atoms with Gasteiger partial charge in [0.15, 0.2) is 6.10 Å². The molecule has 3 aromatic carbocycles. The molecule has 5 nitrogen and oxygen atoms in total. The van der Waals surface area contributed by atoms with Crippen LogP contribution in [0.3, 0.4) is 0 Å². The van der Waals surface area contributed by atoms with Gasteiger partial charge in [-0.05, 0) is 41.0 Å². The van der Waals surface area contributed by atoms with Crippen LogP contribution in [0.5, 0.6) is 5.75 Å². The molecule has 29 heavy (non-hydrogen) atoms. The smallest absolute Gasteiger partial charge is 0.273 e. The first kappa shape index (κ1) is 20.8. The summed E-state index contributed by atoms with van der Waals surface area (Å²) < 4.78 is 12.1. The molecule has 0 saturated carbocycles. The monoisotopic (exact) mass is 452 g/mol. The highest BCUT2D eigenvalue weighted by molar-refractivity contribution is 9.10. The van der Waals surface area contributed by atoms with Gasteiger partial charge in [0.25, 0.3) is 5.91 Å². The quantitative estimate of drug-likeness (QED) is 0.391. The number of benzene rings is 3. The molecule has 148 valence electrons. The van der Waals surface area contributed by atoms with Crippen LogP contribution in [0.2, 0.25) is 0 Å². The molecule has 0 fully saturated rings. The Labute approximate surface area is 178 Å². The summed E-state index contributed by atoms with van der Waals surface area (Å²) in [5, 5.41) is 4.04. The van der Waals surface area contributed by atoms with Gasteiger partial charge in [0.2, 0.25) is 0 Å². The van der Waals surface area contributed by atoms with Crippen LogP contribution in [0, 0.1) is 0 Å². The maximum Gasteiger partial charge on any atom is 0.273 e. The van der Waals surface area contributed by atoms with E-state index in [2.05, 4.69) is 26.5 Å². The molecule has 0 unspecified atom stereocenters. The Bertz CT molecular complexity index is 977. The normalized spacial score (nSPS) is 11.9. The predicted molar refractivity (Wildman–Crippen MR) is 117 cm³/mol. The van der Waals surface area contributed by atoms with Crippen LogP contribution in [0.25, 0.3) is 0 Å². The molecule has 0 aliphatic heterocycles. The largest absolute Gasteiger partial charge is 0.489 e. The van der Waals surface area contributed by atoms with Crippen molar-refractivity contribution in [2.45, 2.75) is 12.7 Å². The number of nitrogens with one attached hydrogen (secondary N) is 1. The van der Waals surface area contributed by atoms with Gasteiger partial charge in [-0.1, -0.05) is 70.5 Å². The van der Waals surface area contributed by atoms with Gasteiger partial charge in [0.1, 0.15) is 12.4 Å². The van der Waals surface area contributed by atoms with Gasteiger partial charge in [-0.25, -0.2) is 5.43 Å². The second-order valence-electron chi connectivity index (χ2n) is 6.25. The fourth-order valence-corrected chi connectivity index (χ4v) is 3.18. The molecule has 6 heteroatoms. The van der Waals surface area contributed by atoms with E-state index in [9.17, 15) is 4.79 Å². The summed E-state index contributed by atoms with van der Waals surface area (Å²) in [4.78, 5) is 12.3. The lowest BCUT2D eigenvalue weighted by Crippen LogP contribution is -2.26. The number of methoxy groups -OCH3 is 1. The van der Waals surface area contributed by atoms with Crippen molar-refractivity contribution in [3.05, 3.63) is 100 Å². The first-order valence-electron chi connectivity index (χ1n) is 9.03. The summed E-state index contributed by atoms with van der Waals surface area (Å²) >= 11 is 3.45. The Kier molecular flexibility index (Phi) is 7.55. The molecule has 0 heterocycles. The maximum atomic E-state index is 12.3. The van der Waals surface area contributed by atoms with Crippen molar-refractivity contribution in [1.29, 1.82) is 0 Å². The second-order valence-corrected chi connectivity index (χ2v) is 7.17. The minimum atomic E-state index is -0.715. The van der Waals surface area contributed by atoms with Gasteiger partial charge in [-0.2, -0.15) is 5.10 Å². The van der Waals surface area contributed by atoms with Crippen LogP contribution in [-0.4, -0.2) is 19.2 Å². The first-order valence-corrected chi connectivity index (χ1v) is 9.83. The lowest BCUT2D eigenvalue weighted by Gasteiger charge is -2.13.